The Balaban J connectivity index is 1.45. The normalized spacial score (nSPS) is 23.9. The number of hydrogen-bond acceptors (Lipinski definition) is 2. The van der Waals surface area contributed by atoms with E-state index in [0.717, 1.165) is 30.4 Å². The molecule has 30 heavy (non-hydrogen) atoms. The van der Waals surface area contributed by atoms with Crippen molar-refractivity contribution in [1.82, 2.24) is 4.90 Å². The van der Waals surface area contributed by atoms with Crippen molar-refractivity contribution in [3.05, 3.63) is 83.9 Å². The van der Waals surface area contributed by atoms with Crippen LogP contribution >= 0.6 is 0 Å². The van der Waals surface area contributed by atoms with E-state index >= 15 is 0 Å². The molecule has 3 aromatic carbocycles. The maximum Gasteiger partial charge on any atom is 0.0954 e. The van der Waals surface area contributed by atoms with Gasteiger partial charge in [-0.05, 0) is 65.8 Å². The summed E-state index contributed by atoms with van der Waals surface area (Å²) in [5.41, 5.74) is 1.40. The molecule has 1 aliphatic carbocycles. The highest BCUT2D eigenvalue weighted by atomic mass is 16.3. The smallest absolute Gasteiger partial charge is 0.0954 e. The first kappa shape index (κ1) is 19.8. The lowest BCUT2D eigenvalue weighted by Gasteiger charge is -2.33. The zero-order chi connectivity index (χ0) is 20.4. The molecule has 2 heterocycles. The number of hydrogen-bond donors (Lipinski definition) is 1. The summed E-state index contributed by atoms with van der Waals surface area (Å²) in [5, 5.41) is 14.5. The molecular weight excluding hydrogens is 366 g/mol. The van der Waals surface area contributed by atoms with Gasteiger partial charge in [-0.1, -0.05) is 72.8 Å². The standard InChI is InChI=1S/C28H33NO/c30-28(19-22-7-2-1-3-8-22,27-12-6-10-25-9-4-5-11-26(25)27)17-18-29-20-23-13-14-24(21-29)16-15-23/h1-12,23-24,30H,13-21H2/t23?,24?,28-/m0/s1. The van der Waals surface area contributed by atoms with Gasteiger partial charge in [0.05, 0.1) is 5.60 Å². The zero-order valence-electron chi connectivity index (χ0n) is 17.8. The minimum atomic E-state index is -0.867. The summed E-state index contributed by atoms with van der Waals surface area (Å²) in [6.07, 6.45) is 7.03. The molecule has 0 radical (unpaired) electrons. The van der Waals surface area contributed by atoms with E-state index < -0.39 is 5.60 Å². The fourth-order valence-corrected chi connectivity index (χ4v) is 5.81. The van der Waals surface area contributed by atoms with Crippen molar-refractivity contribution in [3.63, 3.8) is 0 Å². The predicted octanol–water partition coefficient (Wildman–Crippen LogP) is 5.78. The molecule has 0 unspecified atom stereocenters. The van der Waals surface area contributed by atoms with Gasteiger partial charge in [0, 0.05) is 26.1 Å². The van der Waals surface area contributed by atoms with Gasteiger partial charge < -0.3 is 10.0 Å². The van der Waals surface area contributed by atoms with Gasteiger partial charge in [0.15, 0.2) is 0 Å². The third kappa shape index (κ3) is 4.17. The second-order valence-corrected chi connectivity index (χ2v) is 9.62. The lowest BCUT2D eigenvalue weighted by atomic mass is 9.81. The van der Waals surface area contributed by atoms with Crippen molar-refractivity contribution in [1.29, 1.82) is 0 Å². The molecule has 3 aliphatic rings. The lowest BCUT2D eigenvalue weighted by molar-refractivity contribution is 0.0177. The van der Waals surface area contributed by atoms with Gasteiger partial charge in [-0.3, -0.25) is 0 Å². The average molecular weight is 400 g/mol. The Morgan fingerprint density at radius 3 is 2.13 bits per heavy atom. The quantitative estimate of drug-likeness (QED) is 0.568. The Morgan fingerprint density at radius 2 is 1.40 bits per heavy atom. The first-order chi connectivity index (χ1) is 14.7. The molecule has 6 rings (SSSR count). The molecule has 1 saturated carbocycles. The molecule has 1 N–H and O–H groups in total. The first-order valence-electron chi connectivity index (χ1n) is 11.7. The van der Waals surface area contributed by atoms with E-state index in [-0.39, 0.29) is 0 Å². The molecule has 2 aliphatic heterocycles. The van der Waals surface area contributed by atoms with Crippen LogP contribution in [-0.4, -0.2) is 29.6 Å². The molecule has 1 atom stereocenters. The third-order valence-corrected chi connectivity index (χ3v) is 7.47. The van der Waals surface area contributed by atoms with Gasteiger partial charge in [0.1, 0.15) is 0 Å². The first-order valence-corrected chi connectivity index (χ1v) is 11.7. The summed E-state index contributed by atoms with van der Waals surface area (Å²) in [6, 6.07) is 25.3. The van der Waals surface area contributed by atoms with Gasteiger partial charge in [0.25, 0.3) is 0 Å². The molecule has 156 valence electrons. The maximum absolute atomic E-state index is 12.2. The fourth-order valence-electron chi connectivity index (χ4n) is 5.81. The Labute approximate surface area is 180 Å². The van der Waals surface area contributed by atoms with Crippen molar-refractivity contribution in [2.75, 3.05) is 19.6 Å². The highest BCUT2D eigenvalue weighted by Crippen LogP contribution is 2.37. The van der Waals surface area contributed by atoms with Crippen LogP contribution in [0.2, 0.25) is 0 Å². The van der Waals surface area contributed by atoms with E-state index in [0.29, 0.717) is 6.42 Å². The number of rotatable bonds is 6. The molecule has 3 aromatic rings. The molecule has 2 nitrogen and oxygen atoms in total. The maximum atomic E-state index is 12.2. The van der Waals surface area contributed by atoms with Crippen molar-refractivity contribution in [2.24, 2.45) is 11.8 Å². The minimum Gasteiger partial charge on any atom is -0.385 e. The SMILES string of the molecule is O[C@@](CCN1CC2CCC(CC2)C1)(Cc1ccccc1)c1cccc2ccccc12. The molecule has 0 aromatic heterocycles. The number of nitrogens with zero attached hydrogens (tertiary/aromatic N) is 1. The van der Waals surface area contributed by atoms with Crippen molar-refractivity contribution >= 4 is 10.8 Å². The monoisotopic (exact) mass is 399 g/mol. The molecule has 2 bridgehead atoms. The summed E-state index contributed by atoms with van der Waals surface area (Å²) < 4.78 is 0. The van der Waals surface area contributed by atoms with Crippen LogP contribution in [0, 0.1) is 11.8 Å². The van der Waals surface area contributed by atoms with Crippen LogP contribution in [0.5, 0.6) is 0 Å². The van der Waals surface area contributed by atoms with Gasteiger partial charge in [-0.25, -0.2) is 0 Å². The predicted molar refractivity (Wildman–Crippen MR) is 124 cm³/mol. The van der Waals surface area contributed by atoms with E-state index in [9.17, 15) is 5.11 Å². The number of benzene rings is 3. The lowest BCUT2D eigenvalue weighted by Crippen LogP contribution is -2.37. The van der Waals surface area contributed by atoms with Gasteiger partial charge in [-0.15, -0.1) is 0 Å². The van der Waals surface area contributed by atoms with E-state index in [1.807, 2.05) is 6.07 Å². The van der Waals surface area contributed by atoms with Gasteiger partial charge in [-0.2, -0.15) is 0 Å². The molecule has 0 amide bonds. The Hall–Kier alpha value is -2.16. The van der Waals surface area contributed by atoms with Crippen LogP contribution in [0.25, 0.3) is 10.8 Å². The molecule has 2 heteroatoms. The summed E-state index contributed by atoms with van der Waals surface area (Å²) in [4.78, 5) is 2.65. The van der Waals surface area contributed by atoms with Crippen LogP contribution in [0.3, 0.4) is 0 Å². The van der Waals surface area contributed by atoms with Crippen LogP contribution in [0.4, 0.5) is 0 Å². The van der Waals surface area contributed by atoms with E-state index in [4.69, 9.17) is 0 Å². The van der Waals surface area contributed by atoms with Gasteiger partial charge in [0.2, 0.25) is 0 Å². The molecular formula is C28H33NO. The highest BCUT2D eigenvalue weighted by molar-refractivity contribution is 5.86. The second-order valence-electron chi connectivity index (χ2n) is 9.62. The third-order valence-electron chi connectivity index (χ3n) is 7.47. The molecule has 0 spiro atoms. The largest absolute Gasteiger partial charge is 0.385 e. The second kappa shape index (κ2) is 8.53. The highest BCUT2D eigenvalue weighted by Gasteiger charge is 2.34. The summed E-state index contributed by atoms with van der Waals surface area (Å²) in [6.45, 7) is 3.40. The number of aliphatic hydroxyl groups is 1. The topological polar surface area (TPSA) is 23.5 Å². The average Bonchev–Trinajstić information content (AvgIpc) is 3.11. The van der Waals surface area contributed by atoms with Crippen LogP contribution in [-0.2, 0) is 12.0 Å². The summed E-state index contributed by atoms with van der Waals surface area (Å²) in [7, 11) is 0. The summed E-state index contributed by atoms with van der Waals surface area (Å²) >= 11 is 0. The Morgan fingerprint density at radius 1 is 0.767 bits per heavy atom. The van der Waals surface area contributed by atoms with E-state index in [1.165, 1.54) is 55.1 Å². The Bertz CT molecular complexity index is 957. The Kier molecular flexibility index (Phi) is 5.62. The van der Waals surface area contributed by atoms with E-state index in [2.05, 4.69) is 71.6 Å². The van der Waals surface area contributed by atoms with Crippen LogP contribution in [0.1, 0.15) is 43.2 Å². The molecule has 3 fully saturated rings. The van der Waals surface area contributed by atoms with Crippen molar-refractivity contribution in [3.8, 4) is 0 Å². The minimum absolute atomic E-state index is 0.655. The number of fused-ring (bicyclic) bond motifs is 5. The summed E-state index contributed by atoms with van der Waals surface area (Å²) in [5.74, 6) is 1.73. The van der Waals surface area contributed by atoms with Crippen molar-refractivity contribution < 1.29 is 5.11 Å². The van der Waals surface area contributed by atoms with Crippen LogP contribution < -0.4 is 0 Å². The van der Waals surface area contributed by atoms with E-state index in [1.54, 1.807) is 0 Å². The van der Waals surface area contributed by atoms with Crippen LogP contribution in [0.15, 0.2) is 72.8 Å². The van der Waals surface area contributed by atoms with Gasteiger partial charge >= 0.3 is 0 Å². The zero-order valence-corrected chi connectivity index (χ0v) is 17.8. The van der Waals surface area contributed by atoms with Crippen molar-refractivity contribution in [2.45, 2.75) is 44.1 Å². The fraction of sp³-hybridized carbons (Fsp3) is 0.429. The molecule has 2 saturated heterocycles.